The van der Waals surface area contributed by atoms with Crippen LogP contribution in [0, 0.1) is 0 Å². The number of carbonyl (C=O) groups is 1. The number of rotatable bonds is 4. The van der Waals surface area contributed by atoms with E-state index in [9.17, 15) is 4.79 Å². The Balaban J connectivity index is 1.27. The van der Waals surface area contributed by atoms with Crippen molar-refractivity contribution in [3.8, 4) is 5.75 Å². The van der Waals surface area contributed by atoms with Crippen LogP contribution in [-0.2, 0) is 4.74 Å². The second-order valence-corrected chi connectivity index (χ2v) is 7.52. The van der Waals surface area contributed by atoms with Crippen LogP contribution in [-0.4, -0.2) is 66.7 Å². The van der Waals surface area contributed by atoms with Crippen molar-refractivity contribution in [2.24, 2.45) is 0 Å². The van der Waals surface area contributed by atoms with Crippen molar-refractivity contribution in [2.75, 3.05) is 32.8 Å². The maximum atomic E-state index is 12.4. The number of benzene rings is 1. The largest absolute Gasteiger partial charge is 0.490 e. The summed E-state index contributed by atoms with van der Waals surface area (Å²) in [5.41, 5.74) is 0.728. The fourth-order valence-corrected chi connectivity index (χ4v) is 4.22. The summed E-state index contributed by atoms with van der Waals surface area (Å²) < 4.78 is 11.4. The van der Waals surface area contributed by atoms with Crippen molar-refractivity contribution in [2.45, 2.75) is 50.8 Å². The molecule has 1 unspecified atom stereocenters. The molecule has 5 nitrogen and oxygen atoms in total. The van der Waals surface area contributed by atoms with Crippen molar-refractivity contribution < 1.29 is 14.3 Å². The topological polar surface area (TPSA) is 42.0 Å². The van der Waals surface area contributed by atoms with E-state index in [0.29, 0.717) is 38.4 Å². The Labute approximate surface area is 149 Å². The fourth-order valence-electron chi connectivity index (χ4n) is 4.22. The zero-order valence-electron chi connectivity index (χ0n) is 15.0. The van der Waals surface area contributed by atoms with Gasteiger partial charge in [-0.15, -0.1) is 0 Å². The van der Waals surface area contributed by atoms with E-state index in [4.69, 9.17) is 9.47 Å². The van der Waals surface area contributed by atoms with Gasteiger partial charge >= 0.3 is 0 Å². The van der Waals surface area contributed by atoms with Gasteiger partial charge in [-0.3, -0.25) is 9.69 Å². The molecular weight excluding hydrogens is 316 g/mol. The molecule has 0 N–H and O–H groups in total. The number of hydrogen-bond acceptors (Lipinski definition) is 4. The van der Waals surface area contributed by atoms with Crippen LogP contribution < -0.4 is 4.74 Å². The summed E-state index contributed by atoms with van der Waals surface area (Å²) in [5, 5.41) is 0. The Morgan fingerprint density at radius 2 is 1.84 bits per heavy atom. The molecule has 2 heterocycles. The van der Waals surface area contributed by atoms with Crippen LogP contribution >= 0.6 is 0 Å². The monoisotopic (exact) mass is 344 g/mol. The molecule has 1 aliphatic carbocycles. The standard InChI is InChI=1S/C20H28N2O3/c1-15-3-2-8-22(15)17-13-19(14-17)25-18-6-4-16(5-7-18)20(23)21-9-11-24-12-10-21/h4-7,15,17,19H,2-3,8-14H2,1H3/t15?,17-,19-. The van der Waals surface area contributed by atoms with Gasteiger partial charge in [-0.25, -0.2) is 0 Å². The molecule has 1 saturated carbocycles. The molecule has 1 atom stereocenters. The first kappa shape index (κ1) is 16.9. The maximum Gasteiger partial charge on any atom is 0.254 e. The van der Waals surface area contributed by atoms with Crippen molar-refractivity contribution in [1.82, 2.24) is 9.80 Å². The second-order valence-electron chi connectivity index (χ2n) is 7.52. The predicted molar refractivity (Wildman–Crippen MR) is 96.0 cm³/mol. The second kappa shape index (κ2) is 7.34. The van der Waals surface area contributed by atoms with Crippen molar-refractivity contribution in [3.05, 3.63) is 29.8 Å². The maximum absolute atomic E-state index is 12.4. The Hall–Kier alpha value is -1.59. The predicted octanol–water partition coefficient (Wildman–Crippen LogP) is 2.55. The van der Waals surface area contributed by atoms with Gasteiger partial charge < -0.3 is 14.4 Å². The van der Waals surface area contributed by atoms with Gasteiger partial charge in [0, 0.05) is 43.6 Å². The van der Waals surface area contributed by atoms with E-state index in [1.54, 1.807) is 0 Å². The first-order chi connectivity index (χ1) is 12.2. The van der Waals surface area contributed by atoms with E-state index in [2.05, 4.69) is 11.8 Å². The first-order valence-corrected chi connectivity index (χ1v) is 9.60. The number of nitrogens with zero attached hydrogens (tertiary/aromatic N) is 2. The molecular formula is C20H28N2O3. The lowest BCUT2D eigenvalue weighted by molar-refractivity contribution is 0.0141. The molecule has 0 radical (unpaired) electrons. The molecule has 25 heavy (non-hydrogen) atoms. The summed E-state index contributed by atoms with van der Waals surface area (Å²) in [4.78, 5) is 16.9. The van der Waals surface area contributed by atoms with Crippen LogP contribution in [0.15, 0.2) is 24.3 Å². The lowest BCUT2D eigenvalue weighted by Crippen LogP contribution is -2.50. The highest BCUT2D eigenvalue weighted by molar-refractivity contribution is 5.94. The number of likely N-dealkylation sites (tertiary alicyclic amines) is 1. The molecule has 3 aliphatic rings. The Morgan fingerprint density at radius 1 is 1.12 bits per heavy atom. The Kier molecular flexibility index (Phi) is 4.95. The average Bonchev–Trinajstić information content (AvgIpc) is 3.04. The molecule has 1 amide bonds. The molecule has 2 aliphatic heterocycles. The van der Waals surface area contributed by atoms with Crippen molar-refractivity contribution in [1.29, 1.82) is 0 Å². The first-order valence-electron chi connectivity index (χ1n) is 9.60. The molecule has 1 aromatic rings. The highest BCUT2D eigenvalue weighted by Crippen LogP contribution is 2.34. The lowest BCUT2D eigenvalue weighted by Gasteiger charge is -2.42. The zero-order chi connectivity index (χ0) is 17.2. The van der Waals surface area contributed by atoms with Gasteiger partial charge in [0.25, 0.3) is 5.91 Å². The minimum atomic E-state index is 0.0848. The molecule has 0 bridgehead atoms. The highest BCUT2D eigenvalue weighted by Gasteiger charge is 2.38. The fraction of sp³-hybridized carbons (Fsp3) is 0.650. The van der Waals surface area contributed by atoms with Crippen LogP contribution in [0.5, 0.6) is 5.75 Å². The van der Waals surface area contributed by atoms with Gasteiger partial charge in [-0.1, -0.05) is 0 Å². The molecule has 5 heteroatoms. The van der Waals surface area contributed by atoms with Gasteiger partial charge in [0.05, 0.1) is 13.2 Å². The molecule has 4 rings (SSSR count). The van der Waals surface area contributed by atoms with Gasteiger partial charge in [-0.2, -0.15) is 0 Å². The van der Waals surface area contributed by atoms with Crippen molar-refractivity contribution in [3.63, 3.8) is 0 Å². The molecule has 2 saturated heterocycles. The molecule has 1 aromatic carbocycles. The van der Waals surface area contributed by atoms with Gasteiger partial charge in [0.1, 0.15) is 11.9 Å². The molecule has 3 fully saturated rings. The van der Waals surface area contributed by atoms with E-state index >= 15 is 0 Å². The van der Waals surface area contributed by atoms with Crippen LogP contribution in [0.4, 0.5) is 0 Å². The van der Waals surface area contributed by atoms with Crippen LogP contribution in [0.25, 0.3) is 0 Å². The normalized spacial score (nSPS) is 30.1. The smallest absolute Gasteiger partial charge is 0.254 e. The zero-order valence-corrected chi connectivity index (χ0v) is 15.0. The number of amides is 1. The number of morpholine rings is 1. The summed E-state index contributed by atoms with van der Waals surface area (Å²) in [5.74, 6) is 0.957. The molecule has 0 aromatic heterocycles. The highest BCUT2D eigenvalue weighted by atomic mass is 16.5. The Morgan fingerprint density at radius 3 is 2.48 bits per heavy atom. The quantitative estimate of drug-likeness (QED) is 0.842. The van der Waals surface area contributed by atoms with E-state index in [-0.39, 0.29) is 5.91 Å². The van der Waals surface area contributed by atoms with Crippen LogP contribution in [0.1, 0.15) is 43.0 Å². The number of ether oxygens (including phenoxy) is 2. The Bertz CT molecular complexity index is 591. The van der Waals surface area contributed by atoms with Crippen LogP contribution in [0.2, 0.25) is 0 Å². The summed E-state index contributed by atoms with van der Waals surface area (Å²) in [6, 6.07) is 9.05. The van der Waals surface area contributed by atoms with E-state index in [1.807, 2.05) is 29.2 Å². The molecule has 0 spiro atoms. The van der Waals surface area contributed by atoms with Gasteiger partial charge in [0.15, 0.2) is 0 Å². The summed E-state index contributed by atoms with van der Waals surface area (Å²) >= 11 is 0. The SMILES string of the molecule is CC1CCCN1[C@H]1C[C@H](Oc2ccc(C(=O)N3CCOCC3)cc2)C1. The third-order valence-electron chi connectivity index (χ3n) is 5.85. The summed E-state index contributed by atoms with van der Waals surface area (Å²) in [6.45, 7) is 6.20. The van der Waals surface area contributed by atoms with Gasteiger partial charge in [0.2, 0.25) is 0 Å². The summed E-state index contributed by atoms with van der Waals surface area (Å²) in [6.07, 6.45) is 5.23. The minimum absolute atomic E-state index is 0.0848. The summed E-state index contributed by atoms with van der Waals surface area (Å²) in [7, 11) is 0. The van der Waals surface area contributed by atoms with E-state index < -0.39 is 0 Å². The molecule has 136 valence electrons. The third-order valence-corrected chi connectivity index (χ3v) is 5.85. The lowest BCUT2D eigenvalue weighted by atomic mass is 9.87. The van der Waals surface area contributed by atoms with E-state index in [1.165, 1.54) is 19.4 Å². The van der Waals surface area contributed by atoms with E-state index in [0.717, 1.165) is 30.2 Å². The number of hydrogen-bond donors (Lipinski definition) is 0. The minimum Gasteiger partial charge on any atom is -0.490 e. The third kappa shape index (κ3) is 3.67. The van der Waals surface area contributed by atoms with Crippen LogP contribution in [0.3, 0.4) is 0 Å². The number of carbonyl (C=O) groups excluding carboxylic acids is 1. The van der Waals surface area contributed by atoms with Gasteiger partial charge in [-0.05, 0) is 50.6 Å². The van der Waals surface area contributed by atoms with Crippen molar-refractivity contribution >= 4 is 5.91 Å². The average molecular weight is 344 g/mol.